The van der Waals surface area contributed by atoms with Crippen molar-refractivity contribution in [3.63, 3.8) is 0 Å². The van der Waals surface area contributed by atoms with Crippen LogP contribution in [0.3, 0.4) is 0 Å². The van der Waals surface area contributed by atoms with Crippen LogP contribution in [0.2, 0.25) is 10.0 Å². The lowest BCUT2D eigenvalue weighted by Gasteiger charge is -2.31. The zero-order valence-corrected chi connectivity index (χ0v) is 19.5. The van der Waals surface area contributed by atoms with Crippen molar-refractivity contribution >= 4 is 29.1 Å². The summed E-state index contributed by atoms with van der Waals surface area (Å²) in [7, 11) is 0. The lowest BCUT2D eigenvalue weighted by molar-refractivity contribution is -0.119. The molecule has 31 heavy (non-hydrogen) atoms. The first kappa shape index (κ1) is 23.4. The minimum Gasteiger partial charge on any atom is -0.494 e. The molecule has 0 radical (unpaired) electrons. The highest BCUT2D eigenvalue weighted by molar-refractivity contribution is 6.35. The van der Waals surface area contributed by atoms with Crippen LogP contribution in [0.25, 0.3) is 0 Å². The summed E-state index contributed by atoms with van der Waals surface area (Å²) in [6.07, 6.45) is 6.65. The minimum atomic E-state index is -0.584. The average Bonchev–Trinajstić information content (AvgIpc) is 2.70. The van der Waals surface area contributed by atoms with Gasteiger partial charge in [0.05, 0.1) is 24.7 Å². The quantitative estimate of drug-likeness (QED) is 0.509. The van der Waals surface area contributed by atoms with E-state index in [1.807, 2.05) is 75.4 Å². The topological polar surface area (TPSA) is 47.6 Å². The van der Waals surface area contributed by atoms with Gasteiger partial charge in [-0.05, 0) is 63.1 Å². The first-order valence-corrected chi connectivity index (χ1v) is 11.1. The smallest absolute Gasteiger partial charge is 0.228 e. The molecule has 0 fully saturated rings. The molecule has 0 aliphatic heterocycles. The second-order valence-electron chi connectivity index (χ2n) is 7.85. The summed E-state index contributed by atoms with van der Waals surface area (Å²) in [6, 6.07) is 13.0. The molecule has 0 bridgehead atoms. The minimum absolute atomic E-state index is 0.0623. The summed E-state index contributed by atoms with van der Waals surface area (Å²) in [5.74, 6) is 0.742. The highest BCUT2D eigenvalue weighted by atomic mass is 35.5. The maximum absolute atomic E-state index is 12.4. The van der Waals surface area contributed by atoms with Gasteiger partial charge < -0.3 is 14.8 Å². The van der Waals surface area contributed by atoms with Gasteiger partial charge in [-0.3, -0.25) is 4.79 Å². The molecule has 0 saturated carbocycles. The van der Waals surface area contributed by atoms with Gasteiger partial charge in [0.1, 0.15) is 5.75 Å². The Labute approximate surface area is 193 Å². The van der Waals surface area contributed by atoms with E-state index >= 15 is 0 Å². The second-order valence-corrected chi connectivity index (χ2v) is 8.69. The third-order valence-electron chi connectivity index (χ3n) is 4.97. The molecule has 6 heteroatoms. The Bertz CT molecular complexity index is 981. The molecule has 2 aromatic rings. The molecular formula is C25H27Cl2NO3. The number of nitrogens with one attached hydrogen (secondary N) is 1. The Morgan fingerprint density at radius 2 is 1.90 bits per heavy atom. The molecule has 3 rings (SSSR count). The number of halogens is 2. The lowest BCUT2D eigenvalue weighted by Crippen LogP contribution is -2.30. The number of amides is 1. The Morgan fingerprint density at radius 3 is 2.52 bits per heavy atom. The van der Waals surface area contributed by atoms with Crippen molar-refractivity contribution in [3.05, 3.63) is 87.6 Å². The van der Waals surface area contributed by atoms with Crippen molar-refractivity contribution in [2.75, 3.05) is 6.61 Å². The van der Waals surface area contributed by atoms with Gasteiger partial charge in [0.25, 0.3) is 0 Å². The molecule has 4 nitrogen and oxygen atoms in total. The molecule has 2 aromatic carbocycles. The van der Waals surface area contributed by atoms with Gasteiger partial charge in [0.15, 0.2) is 0 Å². The van der Waals surface area contributed by atoms with E-state index in [0.717, 1.165) is 22.6 Å². The SMILES string of the molecule is CCOc1ccc(CC(=O)NC2=CCC(OC(C)(C)c3ccc(Cl)cc3Cl)C=C2)cc1. The predicted octanol–water partition coefficient (Wildman–Crippen LogP) is 6.22. The summed E-state index contributed by atoms with van der Waals surface area (Å²) in [4.78, 5) is 12.4. The van der Waals surface area contributed by atoms with Gasteiger partial charge in [-0.15, -0.1) is 0 Å². The van der Waals surface area contributed by atoms with Gasteiger partial charge in [-0.25, -0.2) is 0 Å². The number of hydrogen-bond acceptors (Lipinski definition) is 3. The van der Waals surface area contributed by atoms with E-state index in [9.17, 15) is 4.79 Å². The van der Waals surface area contributed by atoms with Crippen molar-refractivity contribution in [2.45, 2.75) is 45.3 Å². The van der Waals surface area contributed by atoms with Gasteiger partial charge in [0, 0.05) is 21.3 Å². The van der Waals surface area contributed by atoms with E-state index in [1.54, 1.807) is 6.07 Å². The monoisotopic (exact) mass is 459 g/mol. The Kier molecular flexibility index (Phi) is 7.82. The normalized spacial score (nSPS) is 16.0. The van der Waals surface area contributed by atoms with E-state index < -0.39 is 5.60 Å². The molecule has 0 saturated heterocycles. The van der Waals surface area contributed by atoms with E-state index in [1.165, 1.54) is 0 Å². The van der Waals surface area contributed by atoms with Crippen LogP contribution in [0.4, 0.5) is 0 Å². The largest absolute Gasteiger partial charge is 0.494 e. The number of carbonyl (C=O) groups excluding carboxylic acids is 1. The summed E-state index contributed by atoms with van der Waals surface area (Å²) < 4.78 is 11.7. The molecule has 0 spiro atoms. The lowest BCUT2D eigenvalue weighted by atomic mass is 9.97. The molecule has 1 amide bonds. The fourth-order valence-corrected chi connectivity index (χ4v) is 4.10. The molecule has 1 aliphatic rings. The Morgan fingerprint density at radius 1 is 1.16 bits per heavy atom. The first-order valence-electron chi connectivity index (χ1n) is 10.3. The van der Waals surface area contributed by atoms with Gasteiger partial charge >= 0.3 is 0 Å². The van der Waals surface area contributed by atoms with Crippen LogP contribution in [0.15, 0.2) is 66.4 Å². The van der Waals surface area contributed by atoms with Gasteiger partial charge in [-0.2, -0.15) is 0 Å². The molecule has 1 unspecified atom stereocenters. The van der Waals surface area contributed by atoms with Crippen molar-refractivity contribution in [2.24, 2.45) is 0 Å². The maximum atomic E-state index is 12.4. The van der Waals surface area contributed by atoms with Gasteiger partial charge in [0.2, 0.25) is 5.91 Å². The number of carbonyl (C=O) groups is 1. The average molecular weight is 460 g/mol. The van der Waals surface area contributed by atoms with Crippen LogP contribution >= 0.6 is 23.2 Å². The zero-order chi connectivity index (χ0) is 22.4. The van der Waals surface area contributed by atoms with Crippen molar-refractivity contribution < 1.29 is 14.3 Å². The van der Waals surface area contributed by atoms with Crippen LogP contribution in [-0.2, 0) is 21.6 Å². The number of hydrogen-bond donors (Lipinski definition) is 1. The summed E-state index contributed by atoms with van der Waals surface area (Å²) >= 11 is 12.4. The van der Waals surface area contributed by atoms with E-state index in [2.05, 4.69) is 5.32 Å². The van der Waals surface area contributed by atoms with Crippen LogP contribution in [0, 0.1) is 0 Å². The van der Waals surface area contributed by atoms with Crippen LogP contribution in [-0.4, -0.2) is 18.6 Å². The van der Waals surface area contributed by atoms with Crippen molar-refractivity contribution in [1.82, 2.24) is 5.32 Å². The molecule has 1 aliphatic carbocycles. The Hall–Kier alpha value is -2.27. The number of rotatable bonds is 8. The molecule has 0 heterocycles. The Balaban J connectivity index is 1.52. The second kappa shape index (κ2) is 10.4. The van der Waals surface area contributed by atoms with E-state index in [-0.39, 0.29) is 12.0 Å². The highest BCUT2D eigenvalue weighted by Gasteiger charge is 2.27. The van der Waals surface area contributed by atoms with Crippen molar-refractivity contribution in [3.8, 4) is 5.75 Å². The third-order valence-corrected chi connectivity index (χ3v) is 5.52. The van der Waals surface area contributed by atoms with Crippen LogP contribution < -0.4 is 10.1 Å². The maximum Gasteiger partial charge on any atom is 0.228 e. The molecule has 164 valence electrons. The summed E-state index contributed by atoms with van der Waals surface area (Å²) in [6.45, 7) is 6.52. The summed E-state index contributed by atoms with van der Waals surface area (Å²) in [5, 5.41) is 4.12. The number of ether oxygens (including phenoxy) is 2. The fourth-order valence-electron chi connectivity index (χ4n) is 3.46. The van der Waals surface area contributed by atoms with Crippen LogP contribution in [0.5, 0.6) is 5.75 Å². The number of benzene rings is 2. The van der Waals surface area contributed by atoms with Gasteiger partial charge in [-0.1, -0.05) is 53.6 Å². The standard InChI is InChI=1S/C25H27Cl2NO3/c1-4-30-20-10-5-17(6-11-20)15-24(29)28-19-8-12-21(13-9-19)31-25(2,3)22-14-7-18(26)16-23(22)27/h5-12,14,16,21H,4,13,15H2,1-3H3,(H,28,29). The number of allylic oxidation sites excluding steroid dienone is 1. The van der Waals surface area contributed by atoms with E-state index in [4.69, 9.17) is 32.7 Å². The molecular weight excluding hydrogens is 433 g/mol. The zero-order valence-electron chi connectivity index (χ0n) is 18.0. The molecule has 0 aromatic heterocycles. The van der Waals surface area contributed by atoms with Crippen LogP contribution in [0.1, 0.15) is 38.3 Å². The van der Waals surface area contributed by atoms with E-state index in [0.29, 0.717) is 29.5 Å². The third kappa shape index (κ3) is 6.60. The molecule has 1 atom stereocenters. The highest BCUT2D eigenvalue weighted by Crippen LogP contribution is 2.34. The summed E-state index contributed by atoms with van der Waals surface area (Å²) in [5.41, 5.74) is 2.01. The molecule has 1 N–H and O–H groups in total. The fraction of sp³-hybridized carbons (Fsp3) is 0.320. The van der Waals surface area contributed by atoms with Crippen molar-refractivity contribution in [1.29, 1.82) is 0 Å². The predicted molar refractivity (Wildman–Crippen MR) is 126 cm³/mol. The first-order chi connectivity index (χ1) is 14.8.